The van der Waals surface area contributed by atoms with E-state index in [-0.39, 0.29) is 11.5 Å². The molecule has 4 fully saturated rings. The molecule has 1 aromatic rings. The molecule has 0 aromatic heterocycles. The van der Waals surface area contributed by atoms with Crippen LogP contribution in [0, 0.1) is 17.8 Å². The van der Waals surface area contributed by atoms with Gasteiger partial charge in [-0.05, 0) is 74.3 Å². The lowest BCUT2D eigenvalue weighted by Crippen LogP contribution is -2.49. The predicted octanol–water partition coefficient (Wildman–Crippen LogP) is 5.52. The van der Waals surface area contributed by atoms with E-state index in [0.717, 1.165) is 30.2 Å². The van der Waals surface area contributed by atoms with E-state index in [4.69, 9.17) is 9.73 Å². The molecule has 0 heterocycles. The first-order valence-corrected chi connectivity index (χ1v) is 14.9. The van der Waals surface area contributed by atoms with Gasteiger partial charge in [-0.2, -0.15) is 0 Å². The lowest BCUT2D eigenvalue weighted by atomic mass is 9.53. The molecule has 30 heavy (non-hydrogen) atoms. The number of aliphatic imine (C=N–C) groups is 1. The van der Waals surface area contributed by atoms with Gasteiger partial charge < -0.3 is 4.74 Å². The van der Waals surface area contributed by atoms with Crippen LogP contribution in [0.3, 0.4) is 0 Å². The van der Waals surface area contributed by atoms with E-state index >= 15 is 0 Å². The van der Waals surface area contributed by atoms with E-state index in [0.29, 0.717) is 6.42 Å². The average Bonchev–Trinajstić information content (AvgIpc) is 2.71. The zero-order valence-electron chi connectivity index (χ0n) is 18.9. The number of ether oxygens (including phenoxy) is 1. The Kier molecular flexibility index (Phi) is 6.33. The number of hydrogen-bond acceptors (Lipinski definition) is 3. The lowest BCUT2D eigenvalue weighted by molar-refractivity contribution is -0.140. The van der Waals surface area contributed by atoms with Gasteiger partial charge in [-0.1, -0.05) is 54.7 Å². The SMILES string of the molecule is COC(=O)CC/C=C(\C=NC12CC3CC(CC(C3)C1)C2)C[Si](C)(C)c1ccccc1. The molecule has 0 radical (unpaired) electrons. The average molecular weight is 424 g/mol. The highest BCUT2D eigenvalue weighted by atomic mass is 28.3. The molecule has 5 rings (SSSR count). The van der Waals surface area contributed by atoms with E-state index in [1.165, 1.54) is 56.4 Å². The van der Waals surface area contributed by atoms with Crippen molar-refractivity contribution >= 4 is 25.4 Å². The van der Waals surface area contributed by atoms with Crippen LogP contribution in [-0.2, 0) is 9.53 Å². The Morgan fingerprint density at radius 2 is 1.70 bits per heavy atom. The monoisotopic (exact) mass is 423 g/mol. The Labute approximate surface area is 183 Å². The maximum Gasteiger partial charge on any atom is 0.305 e. The minimum Gasteiger partial charge on any atom is -0.469 e. The summed E-state index contributed by atoms with van der Waals surface area (Å²) in [5, 5.41) is 1.48. The maximum absolute atomic E-state index is 11.6. The Balaban J connectivity index is 1.52. The first-order valence-electron chi connectivity index (χ1n) is 11.7. The molecule has 4 heteroatoms. The van der Waals surface area contributed by atoms with Crippen LogP contribution in [-0.4, -0.2) is 32.9 Å². The van der Waals surface area contributed by atoms with Gasteiger partial charge in [0.1, 0.15) is 0 Å². The summed E-state index contributed by atoms with van der Waals surface area (Å²) in [6.45, 7) is 4.88. The second-order valence-electron chi connectivity index (χ2n) is 10.7. The fourth-order valence-electron chi connectivity index (χ4n) is 6.59. The van der Waals surface area contributed by atoms with Crippen LogP contribution in [0.4, 0.5) is 0 Å². The van der Waals surface area contributed by atoms with Gasteiger partial charge in [-0.15, -0.1) is 0 Å². The summed E-state index contributed by atoms with van der Waals surface area (Å²) in [4.78, 5) is 16.9. The fraction of sp³-hybridized carbons (Fsp3) is 0.615. The quantitative estimate of drug-likeness (QED) is 0.314. The minimum absolute atomic E-state index is 0.136. The molecule has 4 saturated carbocycles. The maximum atomic E-state index is 11.6. The number of allylic oxidation sites excluding steroid dienone is 2. The van der Waals surface area contributed by atoms with Gasteiger partial charge in [0.25, 0.3) is 0 Å². The van der Waals surface area contributed by atoms with Gasteiger partial charge in [0, 0.05) is 12.6 Å². The van der Waals surface area contributed by atoms with Gasteiger partial charge >= 0.3 is 5.97 Å². The van der Waals surface area contributed by atoms with Crippen LogP contribution in [0.2, 0.25) is 19.1 Å². The molecule has 3 nitrogen and oxygen atoms in total. The van der Waals surface area contributed by atoms with Gasteiger partial charge in [0.2, 0.25) is 0 Å². The summed E-state index contributed by atoms with van der Waals surface area (Å²) in [5.41, 5.74) is 1.52. The largest absolute Gasteiger partial charge is 0.469 e. The third kappa shape index (κ3) is 4.96. The van der Waals surface area contributed by atoms with Crippen molar-refractivity contribution in [1.82, 2.24) is 0 Å². The van der Waals surface area contributed by atoms with E-state index in [1.807, 2.05) is 0 Å². The van der Waals surface area contributed by atoms with Crippen molar-refractivity contribution in [3.05, 3.63) is 42.0 Å². The number of esters is 1. The number of nitrogens with zero attached hydrogens (tertiary/aromatic N) is 1. The van der Waals surface area contributed by atoms with Crippen molar-refractivity contribution < 1.29 is 9.53 Å². The third-order valence-electron chi connectivity index (χ3n) is 7.69. The van der Waals surface area contributed by atoms with Crippen LogP contribution in [0.25, 0.3) is 0 Å². The fourth-order valence-corrected chi connectivity index (χ4v) is 9.15. The van der Waals surface area contributed by atoms with E-state index in [2.05, 4.69) is 55.7 Å². The molecule has 0 unspecified atom stereocenters. The van der Waals surface area contributed by atoms with Crippen molar-refractivity contribution in [3.8, 4) is 0 Å². The normalized spacial score (nSPS) is 30.8. The molecule has 0 saturated heterocycles. The summed E-state index contributed by atoms with van der Waals surface area (Å²) < 4.78 is 4.83. The molecule has 4 aliphatic rings. The summed E-state index contributed by atoms with van der Waals surface area (Å²) in [5.74, 6) is 2.60. The number of methoxy groups -OCH3 is 1. The van der Waals surface area contributed by atoms with Gasteiger partial charge in [-0.25, -0.2) is 0 Å². The molecule has 0 aliphatic heterocycles. The zero-order chi connectivity index (χ0) is 21.2. The van der Waals surface area contributed by atoms with Crippen LogP contribution < -0.4 is 5.19 Å². The standard InChI is InChI=1S/C26H37NO2Si/c1-29-25(28)11-7-8-20(19-30(2,3)24-9-5-4-6-10-24)18-27-26-15-21-12-22(16-26)14-23(13-21)17-26/h4-6,8-10,18,21-23H,7,11-17,19H2,1-3H3/b20-8+,27-18?. The lowest BCUT2D eigenvalue weighted by Gasteiger charge is -2.55. The summed E-state index contributed by atoms with van der Waals surface area (Å²) in [7, 11) is -0.164. The molecular weight excluding hydrogens is 386 g/mol. The topological polar surface area (TPSA) is 38.7 Å². The third-order valence-corrected chi connectivity index (χ3v) is 10.9. The Bertz CT molecular complexity index is 776. The molecule has 0 amide bonds. The van der Waals surface area contributed by atoms with E-state index in [9.17, 15) is 4.79 Å². The molecule has 1 aromatic carbocycles. The first kappa shape index (κ1) is 21.5. The van der Waals surface area contributed by atoms with E-state index < -0.39 is 8.07 Å². The van der Waals surface area contributed by atoms with E-state index in [1.54, 1.807) is 0 Å². The first-order chi connectivity index (χ1) is 14.4. The number of carbonyl (C=O) groups is 1. The van der Waals surface area contributed by atoms with Gasteiger partial charge in [-0.3, -0.25) is 9.79 Å². The smallest absolute Gasteiger partial charge is 0.305 e. The van der Waals surface area contributed by atoms with Crippen molar-refractivity contribution in [2.45, 2.75) is 76.0 Å². The molecule has 0 N–H and O–H groups in total. The molecule has 0 spiro atoms. The van der Waals surface area contributed by atoms with Crippen molar-refractivity contribution in [2.75, 3.05) is 7.11 Å². The highest BCUT2D eigenvalue weighted by Gasteiger charge is 2.50. The number of hydrogen-bond donors (Lipinski definition) is 0. The van der Waals surface area contributed by atoms with Gasteiger partial charge in [0.05, 0.1) is 20.7 Å². The van der Waals surface area contributed by atoms with Crippen LogP contribution in [0.15, 0.2) is 47.0 Å². The zero-order valence-corrected chi connectivity index (χ0v) is 19.9. The molecular formula is C26H37NO2Si. The highest BCUT2D eigenvalue weighted by Crippen LogP contribution is 2.57. The second kappa shape index (κ2) is 8.82. The highest BCUT2D eigenvalue weighted by molar-refractivity contribution is 6.90. The molecule has 0 atom stereocenters. The number of benzene rings is 1. The summed E-state index contributed by atoms with van der Waals surface area (Å²) >= 11 is 0. The van der Waals surface area contributed by atoms with Gasteiger partial charge in [0.15, 0.2) is 0 Å². The van der Waals surface area contributed by atoms with Crippen LogP contribution in [0.5, 0.6) is 0 Å². The molecule has 162 valence electrons. The van der Waals surface area contributed by atoms with Crippen LogP contribution >= 0.6 is 0 Å². The van der Waals surface area contributed by atoms with Crippen LogP contribution in [0.1, 0.15) is 51.4 Å². The predicted molar refractivity (Wildman–Crippen MR) is 127 cm³/mol. The second-order valence-corrected chi connectivity index (χ2v) is 15.4. The number of rotatable bonds is 8. The van der Waals surface area contributed by atoms with Crippen molar-refractivity contribution in [2.24, 2.45) is 22.7 Å². The Morgan fingerprint density at radius 3 is 2.27 bits per heavy atom. The minimum atomic E-state index is -1.63. The molecule has 4 bridgehead atoms. The molecule has 4 aliphatic carbocycles. The van der Waals surface area contributed by atoms with Crippen molar-refractivity contribution in [3.63, 3.8) is 0 Å². The Hall–Kier alpha value is -1.68. The summed E-state index contributed by atoms with van der Waals surface area (Å²) in [6, 6.07) is 12.0. The summed E-state index contributed by atoms with van der Waals surface area (Å²) in [6.07, 6.45) is 13.9. The van der Waals surface area contributed by atoms with Crippen molar-refractivity contribution in [1.29, 1.82) is 0 Å². The number of carbonyl (C=O) groups excluding carboxylic acids is 1. The Morgan fingerprint density at radius 1 is 1.10 bits per heavy atom.